The topological polar surface area (TPSA) is 69.7 Å². The Labute approximate surface area is 177 Å². The number of likely N-dealkylation sites (N-methyl/N-ethyl adjacent to an activating group) is 1. The van der Waals surface area contributed by atoms with Gasteiger partial charge >= 0.3 is 0 Å². The molecule has 0 atom stereocenters. The van der Waals surface area contributed by atoms with Crippen LogP contribution in [0.4, 0.5) is 11.4 Å². The Balaban J connectivity index is 1.67. The number of fused-ring (bicyclic) bond motifs is 1. The fourth-order valence-corrected chi connectivity index (χ4v) is 4.55. The number of carbonyl (C=O) groups excluding carboxylic acids is 3. The summed E-state index contributed by atoms with van der Waals surface area (Å²) >= 11 is 6.31. The number of amides is 3. The summed E-state index contributed by atoms with van der Waals surface area (Å²) in [6.45, 7) is 1.75. The van der Waals surface area contributed by atoms with Crippen molar-refractivity contribution in [2.45, 2.75) is 6.92 Å². The summed E-state index contributed by atoms with van der Waals surface area (Å²) in [5.41, 5.74) is 3.17. The van der Waals surface area contributed by atoms with Crippen molar-refractivity contribution in [3.63, 3.8) is 0 Å². The van der Waals surface area contributed by atoms with Crippen molar-refractivity contribution < 1.29 is 14.4 Å². The maximum Gasteiger partial charge on any atom is 0.266 e. The Morgan fingerprint density at radius 3 is 2.45 bits per heavy atom. The van der Waals surface area contributed by atoms with Gasteiger partial charge in [0.25, 0.3) is 11.8 Å². The molecule has 4 rings (SSSR count). The number of carbonyl (C=O) groups is 3. The minimum atomic E-state index is -0.375. The molecule has 1 fully saturated rings. The predicted molar refractivity (Wildman–Crippen MR) is 118 cm³/mol. The fraction of sp³-hybridized carbons (Fsp3) is 0.143. The highest BCUT2D eigenvalue weighted by molar-refractivity contribution is 8.26. The van der Waals surface area contributed by atoms with Crippen LogP contribution in [0.2, 0.25) is 0 Å². The third-order valence-corrected chi connectivity index (χ3v) is 6.39. The lowest BCUT2D eigenvalue weighted by molar-refractivity contribution is -0.121. The van der Waals surface area contributed by atoms with Gasteiger partial charge < -0.3 is 5.32 Å². The number of anilines is 2. The third kappa shape index (κ3) is 3.34. The van der Waals surface area contributed by atoms with Crippen LogP contribution in [0.5, 0.6) is 0 Å². The highest BCUT2D eigenvalue weighted by atomic mass is 32.2. The van der Waals surface area contributed by atoms with Crippen LogP contribution in [0.25, 0.3) is 5.57 Å². The van der Waals surface area contributed by atoms with Gasteiger partial charge in [-0.1, -0.05) is 60.4 Å². The summed E-state index contributed by atoms with van der Waals surface area (Å²) in [6, 6.07) is 14.6. The highest BCUT2D eigenvalue weighted by Gasteiger charge is 2.41. The second-order valence-corrected chi connectivity index (χ2v) is 8.35. The monoisotopic (exact) mass is 423 g/mol. The van der Waals surface area contributed by atoms with Crippen LogP contribution in [-0.4, -0.2) is 40.5 Å². The molecule has 146 valence electrons. The molecule has 2 aliphatic heterocycles. The van der Waals surface area contributed by atoms with E-state index in [0.29, 0.717) is 31.7 Å². The molecule has 0 aromatic heterocycles. The Morgan fingerprint density at radius 2 is 1.76 bits per heavy atom. The molecule has 29 heavy (non-hydrogen) atoms. The maximum atomic E-state index is 13.2. The molecule has 3 amide bonds. The van der Waals surface area contributed by atoms with Crippen molar-refractivity contribution in [3.05, 3.63) is 64.6 Å². The van der Waals surface area contributed by atoms with Crippen molar-refractivity contribution in [2.24, 2.45) is 0 Å². The largest absolute Gasteiger partial charge is 0.324 e. The van der Waals surface area contributed by atoms with E-state index in [-0.39, 0.29) is 24.3 Å². The summed E-state index contributed by atoms with van der Waals surface area (Å²) in [4.78, 5) is 41.5. The number of benzene rings is 2. The molecule has 2 aromatic rings. The molecule has 6 nitrogen and oxygen atoms in total. The van der Waals surface area contributed by atoms with E-state index >= 15 is 0 Å². The van der Waals surface area contributed by atoms with E-state index in [9.17, 15) is 14.4 Å². The molecule has 1 saturated heterocycles. The van der Waals surface area contributed by atoms with Crippen LogP contribution in [0, 0.1) is 6.92 Å². The Kier molecular flexibility index (Phi) is 4.97. The molecule has 8 heteroatoms. The zero-order chi connectivity index (χ0) is 20.7. The number of rotatable bonds is 3. The van der Waals surface area contributed by atoms with E-state index < -0.39 is 0 Å². The number of hydrogen-bond donors (Lipinski definition) is 1. The van der Waals surface area contributed by atoms with Gasteiger partial charge in [0.15, 0.2) is 0 Å². The van der Waals surface area contributed by atoms with Crippen molar-refractivity contribution in [2.75, 3.05) is 23.8 Å². The predicted octanol–water partition coefficient (Wildman–Crippen LogP) is 3.18. The van der Waals surface area contributed by atoms with Gasteiger partial charge in [-0.25, -0.2) is 0 Å². The molecule has 2 heterocycles. The summed E-state index contributed by atoms with van der Waals surface area (Å²) in [5.74, 6) is -0.990. The second-order valence-electron chi connectivity index (χ2n) is 6.71. The molecule has 0 radical (unpaired) electrons. The average Bonchev–Trinajstić information content (AvgIpc) is 3.11. The van der Waals surface area contributed by atoms with Gasteiger partial charge in [-0.3, -0.25) is 24.2 Å². The first-order valence-electron chi connectivity index (χ1n) is 8.89. The molecule has 2 aromatic carbocycles. The van der Waals surface area contributed by atoms with Crippen molar-refractivity contribution >= 4 is 63.0 Å². The first kappa shape index (κ1) is 19.4. The SMILES string of the molecule is Cc1ccccc1NC(=O)CN1C(=O)C(=C2SC(=S)N(C)C2=O)c2ccccc21. The van der Waals surface area contributed by atoms with Gasteiger partial charge in [0.2, 0.25) is 5.91 Å². The standard InChI is InChI=1S/C21H17N3O3S2/c1-12-7-3-5-9-14(12)22-16(25)11-24-15-10-6-4-8-13(15)17(19(24)26)18-20(27)23(2)21(28)29-18/h3-10H,11H2,1-2H3,(H,22,25). The Morgan fingerprint density at radius 1 is 1.07 bits per heavy atom. The van der Waals surface area contributed by atoms with Crippen molar-refractivity contribution in [1.82, 2.24) is 4.90 Å². The smallest absolute Gasteiger partial charge is 0.266 e. The summed E-state index contributed by atoms with van der Waals surface area (Å²) in [7, 11) is 1.59. The lowest BCUT2D eigenvalue weighted by atomic mass is 10.1. The van der Waals surface area contributed by atoms with Gasteiger partial charge in [-0.15, -0.1) is 0 Å². The Bertz CT molecular complexity index is 1110. The zero-order valence-corrected chi connectivity index (χ0v) is 17.4. The lowest BCUT2D eigenvalue weighted by Crippen LogP contribution is -2.35. The summed E-state index contributed by atoms with van der Waals surface area (Å²) in [6.07, 6.45) is 0. The molecule has 0 unspecified atom stereocenters. The minimum Gasteiger partial charge on any atom is -0.324 e. The minimum absolute atomic E-state index is 0.153. The van der Waals surface area contributed by atoms with E-state index in [4.69, 9.17) is 12.2 Å². The number of nitrogens with zero attached hydrogens (tertiary/aromatic N) is 2. The normalized spacial score (nSPS) is 18.5. The van der Waals surface area contributed by atoms with Gasteiger partial charge in [0, 0.05) is 18.3 Å². The number of aryl methyl sites for hydroxylation is 1. The number of thioether (sulfide) groups is 1. The van der Waals surface area contributed by atoms with E-state index in [0.717, 1.165) is 17.3 Å². The molecular formula is C21H17N3O3S2. The lowest BCUT2D eigenvalue weighted by Gasteiger charge is -2.17. The number of nitrogens with one attached hydrogen (secondary N) is 1. The quantitative estimate of drug-likeness (QED) is 0.607. The Hall–Kier alpha value is -2.97. The zero-order valence-electron chi connectivity index (χ0n) is 15.8. The van der Waals surface area contributed by atoms with Gasteiger partial charge in [-0.2, -0.15) is 0 Å². The molecule has 0 saturated carbocycles. The van der Waals surface area contributed by atoms with Crippen LogP contribution in [-0.2, 0) is 14.4 Å². The van der Waals surface area contributed by atoms with Crippen LogP contribution in [0.1, 0.15) is 11.1 Å². The maximum absolute atomic E-state index is 13.2. The number of para-hydroxylation sites is 2. The number of hydrogen-bond acceptors (Lipinski definition) is 5. The molecule has 0 aliphatic carbocycles. The summed E-state index contributed by atoms with van der Waals surface area (Å²) in [5, 5.41) is 2.85. The molecule has 0 bridgehead atoms. The molecule has 1 N–H and O–H groups in total. The van der Waals surface area contributed by atoms with Crippen LogP contribution < -0.4 is 10.2 Å². The second kappa shape index (κ2) is 7.46. The van der Waals surface area contributed by atoms with Crippen molar-refractivity contribution in [3.8, 4) is 0 Å². The molecular weight excluding hydrogens is 406 g/mol. The van der Waals surface area contributed by atoms with E-state index in [2.05, 4.69) is 5.32 Å². The molecule has 2 aliphatic rings. The van der Waals surface area contributed by atoms with E-state index in [1.165, 1.54) is 9.80 Å². The van der Waals surface area contributed by atoms with Crippen LogP contribution in [0.15, 0.2) is 53.4 Å². The highest BCUT2D eigenvalue weighted by Crippen LogP contribution is 2.44. The van der Waals surface area contributed by atoms with E-state index in [1.807, 2.05) is 31.2 Å². The average molecular weight is 424 g/mol. The third-order valence-electron chi connectivity index (χ3n) is 4.83. The van der Waals surface area contributed by atoms with E-state index in [1.54, 1.807) is 31.3 Å². The molecule has 0 spiro atoms. The van der Waals surface area contributed by atoms with Gasteiger partial charge in [0.1, 0.15) is 10.9 Å². The van der Waals surface area contributed by atoms with Gasteiger partial charge in [-0.05, 0) is 24.6 Å². The summed E-state index contributed by atoms with van der Waals surface area (Å²) < 4.78 is 0.401. The number of thiocarbonyl (C=S) groups is 1. The van der Waals surface area contributed by atoms with Crippen molar-refractivity contribution in [1.29, 1.82) is 0 Å². The van der Waals surface area contributed by atoms with Crippen LogP contribution >= 0.6 is 24.0 Å². The fourth-order valence-electron chi connectivity index (χ4n) is 3.30. The first-order valence-corrected chi connectivity index (χ1v) is 10.1. The van der Waals surface area contributed by atoms with Gasteiger partial charge in [0.05, 0.1) is 16.2 Å². The van der Waals surface area contributed by atoms with Crippen LogP contribution in [0.3, 0.4) is 0 Å². The first-order chi connectivity index (χ1) is 13.9.